The zero-order valence-electron chi connectivity index (χ0n) is 18.8. The highest BCUT2D eigenvalue weighted by molar-refractivity contribution is 7.89. The number of hydrogen-bond donors (Lipinski definition) is 0. The second kappa shape index (κ2) is 10.1. The molecule has 34 heavy (non-hydrogen) atoms. The fraction of sp³-hybridized carbons (Fsp3) is 0.231. The average Bonchev–Trinajstić information content (AvgIpc) is 2.88. The van der Waals surface area contributed by atoms with Crippen molar-refractivity contribution in [1.29, 1.82) is 5.26 Å². The van der Waals surface area contributed by atoms with E-state index in [2.05, 4.69) is 6.07 Å². The number of aryl methyl sites for hydroxylation is 1. The van der Waals surface area contributed by atoms with E-state index in [1.54, 1.807) is 53.4 Å². The van der Waals surface area contributed by atoms with Gasteiger partial charge in [0.15, 0.2) is 6.61 Å². The molecule has 0 N–H and O–H groups in total. The van der Waals surface area contributed by atoms with Gasteiger partial charge in [0, 0.05) is 26.2 Å². The molecule has 1 aliphatic rings. The summed E-state index contributed by atoms with van der Waals surface area (Å²) in [5, 5.41) is 8.91. The number of carbonyl (C=O) groups is 1. The summed E-state index contributed by atoms with van der Waals surface area (Å²) in [4.78, 5) is 14.5. The van der Waals surface area contributed by atoms with Crippen LogP contribution < -0.4 is 4.74 Å². The van der Waals surface area contributed by atoms with Crippen LogP contribution in [0.3, 0.4) is 0 Å². The molecule has 7 nitrogen and oxygen atoms in total. The topological polar surface area (TPSA) is 90.7 Å². The van der Waals surface area contributed by atoms with Crippen molar-refractivity contribution in [1.82, 2.24) is 9.21 Å². The first-order valence-corrected chi connectivity index (χ1v) is 12.4. The monoisotopic (exact) mass is 475 g/mol. The molecule has 0 aromatic heterocycles. The zero-order chi connectivity index (χ0) is 24.1. The second-order valence-corrected chi connectivity index (χ2v) is 10.0. The molecule has 1 fully saturated rings. The number of rotatable bonds is 6. The van der Waals surface area contributed by atoms with Gasteiger partial charge < -0.3 is 9.64 Å². The fourth-order valence-electron chi connectivity index (χ4n) is 3.75. The van der Waals surface area contributed by atoms with Gasteiger partial charge in [0.2, 0.25) is 10.0 Å². The van der Waals surface area contributed by atoms with Crippen LogP contribution in [0.4, 0.5) is 0 Å². The summed E-state index contributed by atoms with van der Waals surface area (Å²) >= 11 is 0. The SMILES string of the molecule is Cc1ccc(S(=O)(=O)N2CCN(C(=O)COc3ccc(-c4ccc(C#N)cc4)cc3)CC2)cc1. The number of piperazine rings is 1. The molecule has 0 radical (unpaired) electrons. The Morgan fingerprint density at radius 3 is 2.00 bits per heavy atom. The van der Waals surface area contributed by atoms with Crippen molar-refractivity contribution in [2.75, 3.05) is 32.8 Å². The van der Waals surface area contributed by atoms with E-state index in [-0.39, 0.29) is 30.5 Å². The van der Waals surface area contributed by atoms with Gasteiger partial charge in [-0.3, -0.25) is 4.79 Å². The number of sulfonamides is 1. The maximum Gasteiger partial charge on any atom is 0.260 e. The van der Waals surface area contributed by atoms with Crippen LogP contribution in [0.15, 0.2) is 77.7 Å². The van der Waals surface area contributed by atoms with E-state index in [0.717, 1.165) is 16.7 Å². The summed E-state index contributed by atoms with van der Waals surface area (Å²) in [6, 6.07) is 23.6. The Hall–Kier alpha value is -3.67. The lowest BCUT2D eigenvalue weighted by molar-refractivity contribution is -0.134. The molecule has 0 saturated carbocycles. The third kappa shape index (κ3) is 5.28. The van der Waals surface area contributed by atoms with Gasteiger partial charge in [-0.25, -0.2) is 8.42 Å². The molecular formula is C26H25N3O4S. The van der Waals surface area contributed by atoms with Gasteiger partial charge in [0.1, 0.15) is 5.75 Å². The Morgan fingerprint density at radius 1 is 0.882 bits per heavy atom. The molecule has 0 aliphatic carbocycles. The summed E-state index contributed by atoms with van der Waals surface area (Å²) in [6.45, 7) is 2.95. The number of carbonyl (C=O) groups excluding carboxylic acids is 1. The number of nitriles is 1. The highest BCUT2D eigenvalue weighted by atomic mass is 32.2. The summed E-state index contributed by atoms with van der Waals surface area (Å²) in [6.07, 6.45) is 0. The third-order valence-corrected chi connectivity index (χ3v) is 7.73. The Labute approximate surface area is 199 Å². The molecule has 1 heterocycles. The lowest BCUT2D eigenvalue weighted by Crippen LogP contribution is -2.51. The largest absolute Gasteiger partial charge is 0.484 e. The summed E-state index contributed by atoms with van der Waals surface area (Å²) in [5.41, 5.74) is 3.57. The molecule has 0 spiro atoms. The van der Waals surface area contributed by atoms with Crippen molar-refractivity contribution in [3.8, 4) is 22.9 Å². The maximum absolute atomic E-state index is 12.8. The van der Waals surface area contributed by atoms with E-state index in [4.69, 9.17) is 10.00 Å². The van der Waals surface area contributed by atoms with Crippen molar-refractivity contribution in [2.24, 2.45) is 0 Å². The normalized spacial score (nSPS) is 14.4. The predicted molar refractivity (Wildman–Crippen MR) is 129 cm³/mol. The van der Waals surface area contributed by atoms with E-state index in [1.807, 2.05) is 31.2 Å². The Bertz CT molecular complexity index is 1290. The van der Waals surface area contributed by atoms with Crippen molar-refractivity contribution in [3.63, 3.8) is 0 Å². The number of hydrogen-bond acceptors (Lipinski definition) is 5. The van der Waals surface area contributed by atoms with Gasteiger partial charge >= 0.3 is 0 Å². The minimum absolute atomic E-state index is 0.110. The minimum atomic E-state index is -3.57. The first-order valence-electron chi connectivity index (χ1n) is 10.9. The molecule has 1 amide bonds. The minimum Gasteiger partial charge on any atom is -0.484 e. The van der Waals surface area contributed by atoms with Gasteiger partial charge in [0.05, 0.1) is 16.5 Å². The highest BCUT2D eigenvalue weighted by Crippen LogP contribution is 2.23. The average molecular weight is 476 g/mol. The molecule has 1 saturated heterocycles. The van der Waals surface area contributed by atoms with Crippen LogP contribution in [0, 0.1) is 18.3 Å². The molecule has 3 aromatic rings. The lowest BCUT2D eigenvalue weighted by atomic mass is 10.0. The van der Waals surface area contributed by atoms with Crippen molar-refractivity contribution in [3.05, 3.63) is 83.9 Å². The van der Waals surface area contributed by atoms with Gasteiger partial charge in [-0.1, -0.05) is 42.0 Å². The molecule has 174 valence electrons. The number of nitrogens with zero attached hydrogens (tertiary/aromatic N) is 3. The molecule has 8 heteroatoms. The zero-order valence-corrected chi connectivity index (χ0v) is 19.7. The van der Waals surface area contributed by atoms with E-state index >= 15 is 0 Å². The summed E-state index contributed by atoms with van der Waals surface area (Å²) in [7, 11) is -3.57. The number of ether oxygens (including phenoxy) is 1. The quantitative estimate of drug-likeness (QED) is 0.545. The highest BCUT2D eigenvalue weighted by Gasteiger charge is 2.30. The Morgan fingerprint density at radius 2 is 1.44 bits per heavy atom. The number of amides is 1. The van der Waals surface area contributed by atoms with Crippen LogP contribution in [0.1, 0.15) is 11.1 Å². The molecule has 0 bridgehead atoms. The van der Waals surface area contributed by atoms with Crippen LogP contribution in [-0.4, -0.2) is 56.3 Å². The fourth-order valence-corrected chi connectivity index (χ4v) is 5.18. The third-order valence-electron chi connectivity index (χ3n) is 5.81. The maximum atomic E-state index is 12.8. The van der Waals surface area contributed by atoms with Gasteiger partial charge in [-0.15, -0.1) is 0 Å². The van der Waals surface area contributed by atoms with Crippen molar-refractivity contribution < 1.29 is 17.9 Å². The first kappa shape index (κ1) is 23.5. The van der Waals surface area contributed by atoms with Crippen LogP contribution >= 0.6 is 0 Å². The number of benzene rings is 3. The molecule has 0 atom stereocenters. The first-order chi connectivity index (χ1) is 16.4. The van der Waals surface area contributed by atoms with Gasteiger partial charge in [-0.2, -0.15) is 9.57 Å². The van der Waals surface area contributed by atoms with Gasteiger partial charge in [0.25, 0.3) is 5.91 Å². The molecule has 1 aliphatic heterocycles. The second-order valence-electron chi connectivity index (χ2n) is 8.10. The molecular weight excluding hydrogens is 450 g/mol. The van der Waals surface area contributed by atoms with Crippen molar-refractivity contribution in [2.45, 2.75) is 11.8 Å². The predicted octanol–water partition coefficient (Wildman–Crippen LogP) is 3.45. The van der Waals surface area contributed by atoms with Crippen molar-refractivity contribution >= 4 is 15.9 Å². The summed E-state index contributed by atoms with van der Waals surface area (Å²) in [5.74, 6) is 0.398. The van der Waals surface area contributed by atoms with E-state index in [9.17, 15) is 13.2 Å². The van der Waals surface area contributed by atoms with Crippen LogP contribution in [0.2, 0.25) is 0 Å². The molecule has 0 unspecified atom stereocenters. The van der Waals surface area contributed by atoms with E-state index in [1.165, 1.54) is 4.31 Å². The van der Waals surface area contributed by atoms with Crippen LogP contribution in [-0.2, 0) is 14.8 Å². The Kier molecular flexibility index (Phi) is 6.96. The lowest BCUT2D eigenvalue weighted by Gasteiger charge is -2.34. The standard InChI is InChI=1S/C26H25N3O4S/c1-20-2-12-25(13-3-20)34(31,32)29-16-14-28(15-17-29)26(30)19-33-24-10-8-23(9-11-24)22-6-4-21(18-27)5-7-22/h2-13H,14-17,19H2,1H3. The molecule has 3 aromatic carbocycles. The smallest absolute Gasteiger partial charge is 0.260 e. The van der Waals surface area contributed by atoms with Gasteiger partial charge in [-0.05, 0) is 54.4 Å². The van der Waals surface area contributed by atoms with E-state index < -0.39 is 10.0 Å². The van der Waals surface area contributed by atoms with Crippen LogP contribution in [0.5, 0.6) is 5.75 Å². The Balaban J connectivity index is 1.28. The van der Waals surface area contributed by atoms with Crippen LogP contribution in [0.25, 0.3) is 11.1 Å². The molecule has 4 rings (SSSR count). The summed E-state index contributed by atoms with van der Waals surface area (Å²) < 4.78 is 32.7. The van der Waals surface area contributed by atoms with E-state index in [0.29, 0.717) is 24.4 Å².